The second-order valence-electron chi connectivity index (χ2n) is 6.32. The topological polar surface area (TPSA) is 81.3 Å². The lowest BCUT2D eigenvalue weighted by Crippen LogP contribution is -1.96. The zero-order chi connectivity index (χ0) is 19.5. The third-order valence-corrected chi connectivity index (χ3v) is 4.52. The minimum Gasteiger partial charge on any atom is -0.507 e. The fraction of sp³-hybridized carbons (Fsp3) is 0.0435. The highest BCUT2D eigenvalue weighted by Crippen LogP contribution is 2.36. The summed E-state index contributed by atoms with van der Waals surface area (Å²) in [6.45, 7) is 0. The highest BCUT2D eigenvalue weighted by atomic mass is 16.5. The van der Waals surface area contributed by atoms with Crippen molar-refractivity contribution in [2.45, 2.75) is 0 Å². The van der Waals surface area contributed by atoms with Gasteiger partial charge in [-0.1, -0.05) is 24.3 Å². The predicted molar refractivity (Wildman–Crippen MR) is 111 cm³/mol. The molecule has 0 atom stereocenters. The van der Waals surface area contributed by atoms with Crippen LogP contribution in [0.1, 0.15) is 0 Å². The summed E-state index contributed by atoms with van der Waals surface area (Å²) in [5.74, 6) is 1.50. The van der Waals surface area contributed by atoms with Crippen LogP contribution in [0.2, 0.25) is 0 Å². The first kappa shape index (κ1) is 17.5. The summed E-state index contributed by atoms with van der Waals surface area (Å²) in [6.07, 6.45) is 1.78. The molecule has 5 nitrogen and oxygen atoms in total. The van der Waals surface area contributed by atoms with Gasteiger partial charge in [-0.15, -0.1) is 0 Å². The van der Waals surface area contributed by atoms with E-state index in [0.29, 0.717) is 22.8 Å². The highest BCUT2D eigenvalue weighted by Gasteiger charge is 2.15. The Morgan fingerprint density at radius 3 is 2.18 bits per heavy atom. The molecule has 0 aliphatic carbocycles. The molecule has 0 saturated carbocycles. The van der Waals surface area contributed by atoms with Crippen LogP contribution in [0.4, 0.5) is 5.69 Å². The number of aromatic nitrogens is 2. The number of para-hydroxylation sites is 1. The van der Waals surface area contributed by atoms with Gasteiger partial charge in [-0.2, -0.15) is 0 Å². The van der Waals surface area contributed by atoms with Gasteiger partial charge in [0, 0.05) is 28.6 Å². The van der Waals surface area contributed by atoms with Crippen molar-refractivity contribution in [3.63, 3.8) is 0 Å². The Kier molecular flexibility index (Phi) is 4.64. The first-order valence-electron chi connectivity index (χ1n) is 8.81. The molecule has 1 heterocycles. The average Bonchev–Trinajstić information content (AvgIpc) is 2.74. The van der Waals surface area contributed by atoms with E-state index in [1.165, 1.54) is 0 Å². The summed E-state index contributed by atoms with van der Waals surface area (Å²) in [5, 5.41) is 10.4. The number of anilines is 1. The zero-order valence-corrected chi connectivity index (χ0v) is 15.3. The van der Waals surface area contributed by atoms with Crippen LogP contribution in [0, 0.1) is 0 Å². The van der Waals surface area contributed by atoms with Crippen LogP contribution in [0.3, 0.4) is 0 Å². The van der Waals surface area contributed by atoms with Gasteiger partial charge in [-0.05, 0) is 54.1 Å². The second-order valence-corrected chi connectivity index (χ2v) is 6.32. The lowest BCUT2D eigenvalue weighted by atomic mass is 9.99. The molecule has 0 aliphatic rings. The molecule has 4 rings (SSSR count). The number of rotatable bonds is 4. The summed E-state index contributed by atoms with van der Waals surface area (Å²) in [6, 6.07) is 22.2. The maximum absolute atomic E-state index is 10.4. The van der Waals surface area contributed by atoms with E-state index in [2.05, 4.69) is 4.98 Å². The quantitative estimate of drug-likeness (QED) is 0.506. The van der Waals surface area contributed by atoms with Crippen LogP contribution in [0.25, 0.3) is 33.8 Å². The van der Waals surface area contributed by atoms with Gasteiger partial charge < -0.3 is 15.6 Å². The number of methoxy groups -OCH3 is 1. The van der Waals surface area contributed by atoms with E-state index in [0.717, 1.165) is 22.4 Å². The number of phenolic OH excluding ortho intramolecular Hbond substituents is 1. The van der Waals surface area contributed by atoms with Crippen molar-refractivity contribution in [1.82, 2.24) is 9.97 Å². The normalized spacial score (nSPS) is 10.6. The highest BCUT2D eigenvalue weighted by molar-refractivity contribution is 5.84. The summed E-state index contributed by atoms with van der Waals surface area (Å²) >= 11 is 0. The van der Waals surface area contributed by atoms with Crippen molar-refractivity contribution in [3.8, 4) is 45.3 Å². The van der Waals surface area contributed by atoms with Gasteiger partial charge in [0.1, 0.15) is 11.5 Å². The molecule has 0 amide bonds. The van der Waals surface area contributed by atoms with E-state index in [-0.39, 0.29) is 5.75 Å². The fourth-order valence-electron chi connectivity index (χ4n) is 3.01. The largest absolute Gasteiger partial charge is 0.507 e. The Labute approximate surface area is 163 Å². The molecule has 0 radical (unpaired) electrons. The Hall–Kier alpha value is -3.86. The van der Waals surface area contributed by atoms with Crippen molar-refractivity contribution in [2.24, 2.45) is 0 Å². The SMILES string of the molecule is COc1ccc(-c2cnc(-c3ccc(N)cc3)nc2-c2ccccc2O)cc1. The van der Waals surface area contributed by atoms with E-state index >= 15 is 0 Å². The minimum atomic E-state index is 0.166. The number of hydrogen-bond acceptors (Lipinski definition) is 5. The van der Waals surface area contributed by atoms with Crippen molar-refractivity contribution < 1.29 is 9.84 Å². The van der Waals surface area contributed by atoms with Crippen molar-refractivity contribution in [2.75, 3.05) is 12.8 Å². The zero-order valence-electron chi connectivity index (χ0n) is 15.3. The van der Waals surface area contributed by atoms with Gasteiger partial charge >= 0.3 is 0 Å². The van der Waals surface area contributed by atoms with Crippen LogP contribution >= 0.6 is 0 Å². The first-order chi connectivity index (χ1) is 13.7. The lowest BCUT2D eigenvalue weighted by Gasteiger charge is -2.13. The van der Waals surface area contributed by atoms with Gasteiger partial charge in [0.15, 0.2) is 5.82 Å². The monoisotopic (exact) mass is 369 g/mol. The third-order valence-electron chi connectivity index (χ3n) is 4.52. The predicted octanol–water partition coefficient (Wildman–Crippen LogP) is 4.77. The number of hydrogen-bond donors (Lipinski definition) is 2. The number of nitrogens with two attached hydrogens (primary N) is 1. The standard InChI is InChI=1S/C23H19N3O2/c1-28-18-12-8-15(9-13-18)20-14-25-23(16-6-10-17(24)11-7-16)26-22(20)19-4-2-3-5-21(19)27/h2-14,27H,24H2,1H3. The summed E-state index contributed by atoms with van der Waals surface area (Å²) in [7, 11) is 1.63. The molecule has 0 unspecified atom stereocenters. The van der Waals surface area contributed by atoms with Crippen LogP contribution in [0.15, 0.2) is 79.0 Å². The molecule has 0 fully saturated rings. The molecule has 4 aromatic rings. The van der Waals surface area contributed by atoms with E-state index < -0.39 is 0 Å². The minimum absolute atomic E-state index is 0.166. The van der Waals surface area contributed by atoms with Crippen LogP contribution in [0.5, 0.6) is 11.5 Å². The molecule has 5 heteroatoms. The molecule has 3 N–H and O–H groups in total. The number of nitrogens with zero attached hydrogens (tertiary/aromatic N) is 2. The average molecular weight is 369 g/mol. The van der Waals surface area contributed by atoms with Crippen LogP contribution in [-0.2, 0) is 0 Å². The first-order valence-corrected chi connectivity index (χ1v) is 8.81. The smallest absolute Gasteiger partial charge is 0.159 e. The molecule has 1 aromatic heterocycles. The number of phenols is 1. The summed E-state index contributed by atoms with van der Waals surface area (Å²) in [5.41, 5.74) is 10.4. The van der Waals surface area contributed by atoms with Gasteiger partial charge in [0.2, 0.25) is 0 Å². The van der Waals surface area contributed by atoms with Gasteiger partial charge in [-0.3, -0.25) is 0 Å². The Morgan fingerprint density at radius 1 is 0.821 bits per heavy atom. The molecule has 0 saturated heterocycles. The number of ether oxygens (including phenoxy) is 1. The molecule has 0 bridgehead atoms. The van der Waals surface area contributed by atoms with Gasteiger partial charge in [0.05, 0.1) is 12.8 Å². The van der Waals surface area contributed by atoms with E-state index in [9.17, 15) is 5.11 Å². The molecular formula is C23H19N3O2. The molecule has 0 spiro atoms. The molecule has 0 aliphatic heterocycles. The van der Waals surface area contributed by atoms with E-state index in [4.69, 9.17) is 15.5 Å². The Morgan fingerprint density at radius 2 is 1.50 bits per heavy atom. The van der Waals surface area contributed by atoms with E-state index in [1.807, 2.05) is 60.7 Å². The Balaban J connectivity index is 1.90. The second kappa shape index (κ2) is 7.40. The van der Waals surface area contributed by atoms with Gasteiger partial charge in [-0.25, -0.2) is 9.97 Å². The molecule has 3 aromatic carbocycles. The summed E-state index contributed by atoms with van der Waals surface area (Å²) < 4.78 is 5.24. The number of aromatic hydroxyl groups is 1. The van der Waals surface area contributed by atoms with Crippen molar-refractivity contribution in [3.05, 3.63) is 79.0 Å². The number of benzene rings is 3. The third kappa shape index (κ3) is 3.38. The Bertz CT molecular complexity index is 1110. The molecular weight excluding hydrogens is 350 g/mol. The van der Waals surface area contributed by atoms with E-state index in [1.54, 1.807) is 25.4 Å². The molecule has 138 valence electrons. The van der Waals surface area contributed by atoms with Crippen LogP contribution in [-0.4, -0.2) is 22.2 Å². The lowest BCUT2D eigenvalue weighted by molar-refractivity contribution is 0.415. The van der Waals surface area contributed by atoms with Crippen molar-refractivity contribution in [1.29, 1.82) is 0 Å². The maximum atomic E-state index is 10.4. The van der Waals surface area contributed by atoms with Crippen LogP contribution < -0.4 is 10.5 Å². The summed E-state index contributed by atoms with van der Waals surface area (Å²) in [4.78, 5) is 9.33. The fourth-order valence-corrected chi connectivity index (χ4v) is 3.01. The maximum Gasteiger partial charge on any atom is 0.159 e. The van der Waals surface area contributed by atoms with Crippen molar-refractivity contribution >= 4 is 5.69 Å². The van der Waals surface area contributed by atoms with Gasteiger partial charge in [0.25, 0.3) is 0 Å². The number of nitrogen functional groups attached to an aromatic ring is 1. The molecule has 28 heavy (non-hydrogen) atoms.